The predicted octanol–water partition coefficient (Wildman–Crippen LogP) is 7.44. The average molecular weight is 590 g/mol. The average Bonchev–Trinajstić information content (AvgIpc) is 3.69. The van der Waals surface area contributed by atoms with Crippen LogP contribution in [0.5, 0.6) is 5.88 Å². The van der Waals surface area contributed by atoms with Crippen molar-refractivity contribution in [1.82, 2.24) is 14.5 Å². The maximum atomic E-state index is 15.5. The Morgan fingerprint density at radius 1 is 0.953 bits per heavy atom. The number of ether oxygens (including phenoxy) is 1. The number of rotatable bonds is 10. The minimum Gasteiger partial charge on any atom is -0.478 e. The van der Waals surface area contributed by atoms with E-state index in [-0.39, 0.29) is 47.8 Å². The van der Waals surface area contributed by atoms with Gasteiger partial charge in [-0.25, -0.2) is 27.9 Å². The van der Waals surface area contributed by atoms with Crippen molar-refractivity contribution in [3.8, 4) is 17.1 Å². The highest BCUT2D eigenvalue weighted by Crippen LogP contribution is 2.48. The van der Waals surface area contributed by atoms with Crippen molar-refractivity contribution in [1.29, 1.82) is 0 Å². The fourth-order valence-corrected chi connectivity index (χ4v) is 5.12. The maximum Gasteiger partial charge on any atom is 0.335 e. The highest BCUT2D eigenvalue weighted by Gasteiger charge is 2.44. The van der Waals surface area contributed by atoms with E-state index < -0.39 is 35.5 Å². The lowest BCUT2D eigenvalue weighted by Crippen LogP contribution is -2.16. The van der Waals surface area contributed by atoms with E-state index in [4.69, 9.17) is 4.74 Å². The first-order valence-corrected chi connectivity index (χ1v) is 13.8. The van der Waals surface area contributed by atoms with Gasteiger partial charge in [0, 0.05) is 35.6 Å². The molecule has 5 aromatic rings. The van der Waals surface area contributed by atoms with Crippen LogP contribution in [0.2, 0.25) is 0 Å². The molecule has 0 radical (unpaired) electrons. The second kappa shape index (κ2) is 11.2. The van der Waals surface area contributed by atoms with E-state index in [0.717, 1.165) is 17.7 Å². The third kappa shape index (κ3) is 5.82. The van der Waals surface area contributed by atoms with Gasteiger partial charge in [-0.3, -0.25) is 4.39 Å². The van der Waals surface area contributed by atoms with Crippen LogP contribution in [0.15, 0.2) is 66.7 Å². The first kappa shape index (κ1) is 28.4. The molecule has 3 aromatic carbocycles. The number of halogens is 4. The van der Waals surface area contributed by atoms with Gasteiger partial charge in [-0.1, -0.05) is 18.2 Å². The number of fused-ring (bicyclic) bond motifs is 1. The molecule has 220 valence electrons. The number of hydrogen-bond acceptors (Lipinski definition) is 4. The van der Waals surface area contributed by atoms with Gasteiger partial charge in [0.25, 0.3) is 0 Å². The molecule has 0 bridgehead atoms. The molecule has 6 rings (SSSR count). The van der Waals surface area contributed by atoms with Crippen molar-refractivity contribution < 1.29 is 32.2 Å². The SMILES string of the molecule is Cc1ccc(COc2cccc(-c3cc(F)c(Cc4nc5ccc(C(=O)O)cc5n4CC4(CF)CC4)cc3F)n2)c(F)c1. The molecule has 1 aliphatic carbocycles. The number of hydrogen-bond donors (Lipinski definition) is 1. The Balaban J connectivity index is 1.28. The number of carbonyl (C=O) groups is 1. The van der Waals surface area contributed by atoms with Gasteiger partial charge in [-0.2, -0.15) is 0 Å². The molecule has 43 heavy (non-hydrogen) atoms. The molecule has 2 heterocycles. The van der Waals surface area contributed by atoms with Crippen LogP contribution in [0.4, 0.5) is 17.6 Å². The van der Waals surface area contributed by atoms with Crippen LogP contribution in [-0.4, -0.2) is 32.3 Å². The van der Waals surface area contributed by atoms with Gasteiger partial charge < -0.3 is 14.4 Å². The Morgan fingerprint density at radius 3 is 2.47 bits per heavy atom. The summed E-state index contributed by atoms with van der Waals surface area (Å²) >= 11 is 0. The largest absolute Gasteiger partial charge is 0.478 e. The van der Waals surface area contributed by atoms with Gasteiger partial charge in [-0.05, 0) is 73.4 Å². The minimum absolute atomic E-state index is 0.0311. The fraction of sp³-hybridized carbons (Fsp3) is 0.242. The zero-order chi connectivity index (χ0) is 30.3. The Morgan fingerprint density at radius 2 is 1.74 bits per heavy atom. The highest BCUT2D eigenvalue weighted by molar-refractivity contribution is 5.92. The zero-order valence-electron chi connectivity index (χ0n) is 23.2. The Labute approximate surface area is 244 Å². The first-order chi connectivity index (χ1) is 20.6. The molecule has 1 aliphatic rings. The number of aromatic nitrogens is 3. The predicted molar refractivity (Wildman–Crippen MR) is 152 cm³/mol. The molecule has 0 amide bonds. The lowest BCUT2D eigenvalue weighted by molar-refractivity contribution is 0.0697. The van der Waals surface area contributed by atoms with Gasteiger partial charge in [0.15, 0.2) is 0 Å². The van der Waals surface area contributed by atoms with Crippen molar-refractivity contribution in [2.45, 2.75) is 39.3 Å². The summed E-state index contributed by atoms with van der Waals surface area (Å²) in [5.41, 5.74) is 1.66. The van der Waals surface area contributed by atoms with Gasteiger partial charge in [0.05, 0.1) is 29.0 Å². The molecular weight excluding hydrogens is 562 g/mol. The summed E-state index contributed by atoms with van der Waals surface area (Å²) in [6, 6.07) is 16.0. The summed E-state index contributed by atoms with van der Waals surface area (Å²) in [5.74, 6) is -2.44. The van der Waals surface area contributed by atoms with Crippen LogP contribution in [0.25, 0.3) is 22.3 Å². The maximum absolute atomic E-state index is 15.5. The summed E-state index contributed by atoms with van der Waals surface area (Å²) < 4.78 is 66.3. The number of imidazole rings is 1. The van der Waals surface area contributed by atoms with Crippen molar-refractivity contribution in [3.63, 3.8) is 0 Å². The van der Waals surface area contributed by atoms with Crippen LogP contribution < -0.4 is 4.74 Å². The zero-order valence-corrected chi connectivity index (χ0v) is 23.2. The van der Waals surface area contributed by atoms with E-state index in [2.05, 4.69) is 9.97 Å². The van der Waals surface area contributed by atoms with Crippen LogP contribution in [0, 0.1) is 29.8 Å². The lowest BCUT2D eigenvalue weighted by atomic mass is 10.0. The number of benzene rings is 3. The third-order valence-corrected chi connectivity index (χ3v) is 7.88. The van der Waals surface area contributed by atoms with E-state index in [1.807, 2.05) is 0 Å². The molecule has 0 spiro atoms. The molecule has 0 unspecified atom stereocenters. The van der Waals surface area contributed by atoms with Crippen molar-refractivity contribution >= 4 is 17.0 Å². The Kier molecular flexibility index (Phi) is 7.37. The topological polar surface area (TPSA) is 77.2 Å². The molecule has 1 saturated carbocycles. The van der Waals surface area contributed by atoms with Crippen molar-refractivity contribution in [2.75, 3.05) is 6.67 Å². The summed E-state index contributed by atoms with van der Waals surface area (Å²) in [6.07, 6.45) is 1.25. The van der Waals surface area contributed by atoms with E-state index in [1.165, 1.54) is 24.3 Å². The van der Waals surface area contributed by atoms with E-state index in [9.17, 15) is 18.7 Å². The van der Waals surface area contributed by atoms with E-state index in [0.29, 0.717) is 35.3 Å². The Hall–Kier alpha value is -4.73. The molecule has 1 N–H and O–H groups in total. The number of alkyl halides is 1. The summed E-state index contributed by atoms with van der Waals surface area (Å²) in [5, 5.41) is 9.47. The molecule has 6 nitrogen and oxygen atoms in total. The number of aromatic carboxylic acids is 1. The quantitative estimate of drug-likeness (QED) is 0.171. The van der Waals surface area contributed by atoms with E-state index >= 15 is 8.78 Å². The summed E-state index contributed by atoms with van der Waals surface area (Å²) in [4.78, 5) is 20.4. The molecular formula is C33H27F4N3O3. The Bertz CT molecular complexity index is 1870. The number of carboxylic acid groups (broad SMARTS) is 1. The number of pyridine rings is 1. The van der Waals surface area contributed by atoms with Crippen LogP contribution in [0.1, 0.15) is 45.7 Å². The molecule has 1 fully saturated rings. The molecule has 0 saturated heterocycles. The number of aryl methyl sites for hydroxylation is 1. The van der Waals surface area contributed by atoms with Gasteiger partial charge >= 0.3 is 5.97 Å². The van der Waals surface area contributed by atoms with Crippen LogP contribution in [-0.2, 0) is 19.6 Å². The van der Waals surface area contributed by atoms with E-state index in [1.54, 1.807) is 41.8 Å². The third-order valence-electron chi connectivity index (χ3n) is 7.88. The van der Waals surface area contributed by atoms with Crippen LogP contribution in [0.3, 0.4) is 0 Å². The van der Waals surface area contributed by atoms with Gasteiger partial charge in [-0.15, -0.1) is 0 Å². The minimum atomic E-state index is -1.11. The standard InChI is InChI=1S/C33H27F4N3O3/c1-19-5-6-21(24(35)11-19)16-43-31-4-2-3-27(39-31)23-15-25(36)22(12-26(23)37)14-30-38-28-8-7-20(32(41)42)13-29(28)40(30)18-33(17-34)9-10-33/h2-8,11-13,15H,9-10,14,16-18H2,1H3,(H,41,42). The fourth-order valence-electron chi connectivity index (χ4n) is 5.12. The molecule has 2 aromatic heterocycles. The number of carboxylic acids is 1. The van der Waals surface area contributed by atoms with Crippen molar-refractivity contribution in [2.24, 2.45) is 5.41 Å². The number of nitrogens with zero attached hydrogens (tertiary/aromatic N) is 3. The van der Waals surface area contributed by atoms with Gasteiger partial charge in [0.1, 0.15) is 29.9 Å². The first-order valence-electron chi connectivity index (χ1n) is 13.8. The second-order valence-electron chi connectivity index (χ2n) is 11.1. The monoisotopic (exact) mass is 589 g/mol. The second-order valence-corrected chi connectivity index (χ2v) is 11.1. The summed E-state index contributed by atoms with van der Waals surface area (Å²) in [7, 11) is 0. The smallest absolute Gasteiger partial charge is 0.335 e. The van der Waals surface area contributed by atoms with Gasteiger partial charge in [0.2, 0.25) is 5.88 Å². The summed E-state index contributed by atoms with van der Waals surface area (Å²) in [6.45, 7) is 1.40. The highest BCUT2D eigenvalue weighted by atomic mass is 19.1. The van der Waals surface area contributed by atoms with Crippen molar-refractivity contribution in [3.05, 3.63) is 112 Å². The lowest BCUT2D eigenvalue weighted by Gasteiger charge is -2.16. The normalized spacial score (nSPS) is 13.8. The van der Waals surface area contributed by atoms with Crippen LogP contribution >= 0.6 is 0 Å². The molecule has 10 heteroatoms. The molecule has 0 atom stereocenters. The molecule has 0 aliphatic heterocycles.